The van der Waals surface area contributed by atoms with E-state index in [9.17, 15) is 24.3 Å². The van der Waals surface area contributed by atoms with Gasteiger partial charge in [0.2, 0.25) is 0 Å². The Kier molecular flexibility index (Phi) is 7.87. The first kappa shape index (κ1) is 25.0. The second kappa shape index (κ2) is 11.0. The standard InChI is InChI=1S/C23H24N4O8/c24-23(25)26-13-6-7-14-12(11-13)3-2-10-34-19-15(4-1-5-17(19)35-22(14)33)20(30)27-16(21(31)32)8-9-18(28)29/h1,4-7,11,16H,2-3,8-10H2,(H,27,30)(H,28,29)(H,31,32)(H4,24,25,26). The van der Waals surface area contributed by atoms with Gasteiger partial charge in [-0.2, -0.15) is 0 Å². The fraction of sp³-hybridized carbons (Fsp3) is 0.261. The SMILES string of the molecule is NC(N)=Nc1ccc2c(c1)CCCOc1c(cccc1C(=O)NC(CCC(=O)O)C(=O)O)OC2=O. The largest absolute Gasteiger partial charge is 0.489 e. The van der Waals surface area contributed by atoms with E-state index < -0.39 is 36.3 Å². The molecule has 12 nitrogen and oxygen atoms in total. The van der Waals surface area contributed by atoms with E-state index in [-0.39, 0.29) is 36.0 Å². The second-order valence-corrected chi connectivity index (χ2v) is 7.65. The summed E-state index contributed by atoms with van der Waals surface area (Å²) in [6.07, 6.45) is 0.151. The molecule has 0 fully saturated rings. The first-order valence-corrected chi connectivity index (χ1v) is 10.6. The molecule has 7 N–H and O–H groups in total. The minimum atomic E-state index is -1.43. The summed E-state index contributed by atoms with van der Waals surface area (Å²) in [5.74, 6) is -4.24. The minimum Gasteiger partial charge on any atom is -0.489 e. The molecule has 0 spiro atoms. The van der Waals surface area contributed by atoms with E-state index in [0.717, 1.165) is 0 Å². The van der Waals surface area contributed by atoms with Gasteiger partial charge in [0.25, 0.3) is 5.91 Å². The highest BCUT2D eigenvalue weighted by Crippen LogP contribution is 2.34. The highest BCUT2D eigenvalue weighted by Gasteiger charge is 2.26. The van der Waals surface area contributed by atoms with Crippen molar-refractivity contribution in [3.05, 3.63) is 53.1 Å². The number of aliphatic carboxylic acids is 2. The normalized spacial score (nSPS) is 13.7. The van der Waals surface area contributed by atoms with E-state index in [1.807, 2.05) is 0 Å². The van der Waals surface area contributed by atoms with Crippen LogP contribution in [0.2, 0.25) is 0 Å². The highest BCUT2D eigenvalue weighted by atomic mass is 16.6. The number of carboxylic acid groups (broad SMARTS) is 2. The fourth-order valence-corrected chi connectivity index (χ4v) is 3.48. The lowest BCUT2D eigenvalue weighted by atomic mass is 10.0. The number of aryl methyl sites for hydroxylation is 1. The van der Waals surface area contributed by atoms with E-state index >= 15 is 0 Å². The summed E-state index contributed by atoms with van der Waals surface area (Å²) in [6.45, 7) is 0.155. The maximum Gasteiger partial charge on any atom is 0.343 e. The Hall–Kier alpha value is -4.61. The number of para-hydroxylation sites is 1. The molecule has 2 aromatic rings. The molecule has 1 aliphatic rings. The molecule has 0 saturated carbocycles. The minimum absolute atomic E-state index is 0.0266. The molecular formula is C23H24N4O8. The maximum absolute atomic E-state index is 12.9. The summed E-state index contributed by atoms with van der Waals surface area (Å²) >= 11 is 0. The predicted molar refractivity (Wildman–Crippen MR) is 123 cm³/mol. The number of benzene rings is 2. The van der Waals surface area contributed by atoms with Crippen LogP contribution in [0.15, 0.2) is 41.4 Å². The Morgan fingerprint density at radius 3 is 2.60 bits per heavy atom. The molecule has 184 valence electrons. The number of ether oxygens (including phenoxy) is 2. The van der Waals surface area contributed by atoms with Crippen LogP contribution in [0, 0.1) is 0 Å². The Bertz CT molecular complexity index is 1190. The average molecular weight is 484 g/mol. The molecule has 0 aromatic heterocycles. The van der Waals surface area contributed by atoms with Crippen molar-refractivity contribution in [3.8, 4) is 11.5 Å². The van der Waals surface area contributed by atoms with Crippen LogP contribution in [0.3, 0.4) is 0 Å². The Balaban J connectivity index is 1.90. The summed E-state index contributed by atoms with van der Waals surface area (Å²) in [7, 11) is 0. The van der Waals surface area contributed by atoms with Crippen molar-refractivity contribution in [3.63, 3.8) is 0 Å². The molecule has 1 unspecified atom stereocenters. The summed E-state index contributed by atoms with van der Waals surface area (Å²) in [4.78, 5) is 52.0. The van der Waals surface area contributed by atoms with Crippen molar-refractivity contribution < 1.29 is 38.9 Å². The van der Waals surface area contributed by atoms with Gasteiger partial charge in [-0.25, -0.2) is 14.6 Å². The van der Waals surface area contributed by atoms with Gasteiger partial charge >= 0.3 is 17.9 Å². The van der Waals surface area contributed by atoms with Crippen molar-refractivity contribution in [2.75, 3.05) is 6.61 Å². The van der Waals surface area contributed by atoms with Crippen LogP contribution in [0.25, 0.3) is 0 Å². The zero-order valence-corrected chi connectivity index (χ0v) is 18.5. The molecule has 0 bridgehead atoms. The Labute approximate surface area is 199 Å². The van der Waals surface area contributed by atoms with Gasteiger partial charge < -0.3 is 36.5 Å². The van der Waals surface area contributed by atoms with Gasteiger partial charge in [0.1, 0.15) is 6.04 Å². The smallest absolute Gasteiger partial charge is 0.343 e. The number of nitrogens with two attached hydrogens (primary N) is 2. The molecule has 3 rings (SSSR count). The zero-order chi connectivity index (χ0) is 25.5. The number of hydrogen-bond donors (Lipinski definition) is 5. The molecule has 1 heterocycles. The lowest BCUT2D eigenvalue weighted by Gasteiger charge is -2.19. The Morgan fingerprint density at radius 1 is 1.14 bits per heavy atom. The number of fused-ring (bicyclic) bond motifs is 2. The number of aliphatic imine (C=N–C) groups is 1. The van der Waals surface area contributed by atoms with Crippen LogP contribution in [-0.4, -0.2) is 52.6 Å². The number of guanidine groups is 1. The van der Waals surface area contributed by atoms with Crippen LogP contribution in [0.1, 0.15) is 45.5 Å². The molecule has 0 radical (unpaired) electrons. The quantitative estimate of drug-likeness (QED) is 0.164. The molecule has 1 aliphatic heterocycles. The van der Waals surface area contributed by atoms with E-state index in [0.29, 0.717) is 29.7 Å². The van der Waals surface area contributed by atoms with Crippen molar-refractivity contribution in [2.45, 2.75) is 31.7 Å². The molecule has 0 saturated heterocycles. The molecule has 1 atom stereocenters. The van der Waals surface area contributed by atoms with Crippen LogP contribution in [0.4, 0.5) is 5.69 Å². The van der Waals surface area contributed by atoms with Gasteiger partial charge in [-0.3, -0.25) is 9.59 Å². The number of rotatable bonds is 7. The fourth-order valence-electron chi connectivity index (χ4n) is 3.48. The van der Waals surface area contributed by atoms with Crippen molar-refractivity contribution in [1.82, 2.24) is 5.32 Å². The predicted octanol–water partition coefficient (Wildman–Crippen LogP) is 1.18. The first-order valence-electron chi connectivity index (χ1n) is 10.6. The highest BCUT2D eigenvalue weighted by molar-refractivity contribution is 6.00. The van der Waals surface area contributed by atoms with E-state index in [1.54, 1.807) is 12.1 Å². The molecule has 1 amide bonds. The van der Waals surface area contributed by atoms with Gasteiger partial charge in [0, 0.05) is 6.42 Å². The van der Waals surface area contributed by atoms with Crippen LogP contribution < -0.4 is 26.3 Å². The number of esters is 1. The maximum atomic E-state index is 12.9. The van der Waals surface area contributed by atoms with E-state index in [2.05, 4.69) is 10.3 Å². The Morgan fingerprint density at radius 2 is 1.91 bits per heavy atom. The van der Waals surface area contributed by atoms with Crippen LogP contribution in [0.5, 0.6) is 11.5 Å². The first-order chi connectivity index (χ1) is 16.7. The number of carboxylic acids is 2. The lowest BCUT2D eigenvalue weighted by Crippen LogP contribution is -2.41. The number of carbonyl (C=O) groups excluding carboxylic acids is 2. The summed E-state index contributed by atoms with van der Waals surface area (Å²) < 4.78 is 11.3. The summed E-state index contributed by atoms with van der Waals surface area (Å²) in [5.41, 5.74) is 12.2. The van der Waals surface area contributed by atoms with E-state index in [1.165, 1.54) is 24.3 Å². The third kappa shape index (κ3) is 6.47. The van der Waals surface area contributed by atoms with E-state index in [4.69, 9.17) is 26.0 Å². The molecule has 35 heavy (non-hydrogen) atoms. The molecule has 12 heteroatoms. The van der Waals surface area contributed by atoms with Gasteiger partial charge in [0.05, 0.1) is 23.4 Å². The zero-order valence-electron chi connectivity index (χ0n) is 18.5. The monoisotopic (exact) mass is 484 g/mol. The van der Waals surface area contributed by atoms with Crippen LogP contribution in [-0.2, 0) is 16.0 Å². The molecule has 0 aliphatic carbocycles. The summed E-state index contributed by atoms with van der Waals surface area (Å²) in [5, 5.41) is 20.4. The van der Waals surface area contributed by atoms with Gasteiger partial charge in [-0.1, -0.05) is 6.07 Å². The number of carbonyl (C=O) groups is 4. The number of nitrogens with one attached hydrogen (secondary N) is 1. The van der Waals surface area contributed by atoms with Crippen molar-refractivity contribution in [1.29, 1.82) is 0 Å². The van der Waals surface area contributed by atoms with Crippen molar-refractivity contribution >= 4 is 35.5 Å². The third-order valence-electron chi connectivity index (χ3n) is 5.08. The topological polar surface area (TPSA) is 204 Å². The van der Waals surface area contributed by atoms with Crippen molar-refractivity contribution in [2.24, 2.45) is 16.5 Å². The number of nitrogens with zero attached hydrogens (tertiary/aromatic N) is 1. The second-order valence-electron chi connectivity index (χ2n) is 7.65. The molecule has 2 aromatic carbocycles. The lowest BCUT2D eigenvalue weighted by molar-refractivity contribution is -0.140. The van der Waals surface area contributed by atoms with Crippen LogP contribution >= 0.6 is 0 Å². The average Bonchev–Trinajstić information content (AvgIpc) is 2.79. The number of amides is 1. The van der Waals surface area contributed by atoms with Gasteiger partial charge in [-0.15, -0.1) is 0 Å². The number of hydrogen-bond acceptors (Lipinski definition) is 7. The van der Waals surface area contributed by atoms with Gasteiger partial charge in [0.15, 0.2) is 17.5 Å². The summed E-state index contributed by atoms with van der Waals surface area (Å²) in [6, 6.07) is 7.63. The van der Waals surface area contributed by atoms with Gasteiger partial charge in [-0.05, 0) is 55.2 Å². The molecular weight excluding hydrogens is 460 g/mol. The third-order valence-corrected chi connectivity index (χ3v) is 5.08.